The number of carbonyl (C=O) groups is 1. The number of fused-ring (bicyclic) bond motifs is 2. The van der Waals surface area contributed by atoms with E-state index in [9.17, 15) is 14.7 Å². The summed E-state index contributed by atoms with van der Waals surface area (Å²) in [4.78, 5) is 29.8. The van der Waals surface area contributed by atoms with Crippen LogP contribution in [0.3, 0.4) is 0 Å². The monoisotopic (exact) mass is 531 g/mol. The third-order valence-electron chi connectivity index (χ3n) is 7.58. The smallest absolute Gasteiger partial charge is 0.335 e. The fourth-order valence-corrected chi connectivity index (χ4v) is 5.43. The standard InChI is InChI=1S/C33H29N3O4/c37-32-27-12-6-7-13-29(27)35-31(24-9-2-1-3-10-24)36(32)34-20-28-26-11-5-4-8-23(26)18-19-30(28)40-21-22-14-16-25(17-15-22)33(38)39/h4-8,11-20,24H,1-3,9-10,21H2,(H,38,39). The first kappa shape index (κ1) is 25.5. The van der Waals surface area contributed by atoms with Crippen LogP contribution in [0.25, 0.3) is 21.7 Å². The van der Waals surface area contributed by atoms with Crippen molar-refractivity contribution in [1.82, 2.24) is 9.66 Å². The molecule has 0 saturated heterocycles. The maximum atomic E-state index is 13.7. The summed E-state index contributed by atoms with van der Waals surface area (Å²) in [6.07, 6.45) is 7.12. The van der Waals surface area contributed by atoms with E-state index in [4.69, 9.17) is 14.8 Å². The minimum atomic E-state index is -0.966. The van der Waals surface area contributed by atoms with Crippen LogP contribution in [0.1, 0.15) is 65.3 Å². The number of nitrogens with zero attached hydrogens (tertiary/aromatic N) is 3. The fourth-order valence-electron chi connectivity index (χ4n) is 5.43. The average molecular weight is 532 g/mol. The molecule has 0 aliphatic heterocycles. The molecule has 0 radical (unpaired) electrons. The lowest BCUT2D eigenvalue weighted by molar-refractivity contribution is 0.0697. The number of aromatic nitrogens is 2. The third-order valence-corrected chi connectivity index (χ3v) is 7.58. The largest absolute Gasteiger partial charge is 0.488 e. The van der Waals surface area contributed by atoms with Gasteiger partial charge in [0.25, 0.3) is 5.56 Å². The Labute approximate surface area is 231 Å². The van der Waals surface area contributed by atoms with Gasteiger partial charge in [0.2, 0.25) is 0 Å². The Kier molecular flexibility index (Phi) is 7.10. The van der Waals surface area contributed by atoms with E-state index in [0.717, 1.165) is 47.6 Å². The molecule has 7 heteroatoms. The molecule has 4 aromatic carbocycles. The Balaban J connectivity index is 1.42. The van der Waals surface area contributed by atoms with Gasteiger partial charge in [0, 0.05) is 11.5 Å². The van der Waals surface area contributed by atoms with Crippen molar-refractivity contribution in [2.45, 2.75) is 44.6 Å². The summed E-state index contributed by atoms with van der Waals surface area (Å²) in [5.41, 5.74) is 2.35. The van der Waals surface area contributed by atoms with E-state index in [0.29, 0.717) is 22.5 Å². The Morgan fingerprint density at radius 3 is 2.42 bits per heavy atom. The number of carboxylic acids is 1. The number of rotatable bonds is 7. The second kappa shape index (κ2) is 11.1. The Bertz CT molecular complexity index is 1780. The van der Waals surface area contributed by atoms with Crippen LogP contribution in [0, 0.1) is 0 Å². The average Bonchev–Trinajstić information content (AvgIpc) is 3.00. The molecular formula is C33H29N3O4. The van der Waals surface area contributed by atoms with Crippen molar-refractivity contribution in [3.05, 3.63) is 118 Å². The van der Waals surface area contributed by atoms with Gasteiger partial charge in [0.05, 0.1) is 22.7 Å². The molecule has 1 aliphatic rings. The minimum Gasteiger partial charge on any atom is -0.488 e. The summed E-state index contributed by atoms with van der Waals surface area (Å²) in [5.74, 6) is 0.540. The summed E-state index contributed by atoms with van der Waals surface area (Å²) < 4.78 is 7.71. The van der Waals surface area contributed by atoms with E-state index >= 15 is 0 Å². The zero-order valence-electron chi connectivity index (χ0n) is 22.0. The fraction of sp³-hybridized carbons (Fsp3) is 0.212. The zero-order chi connectivity index (χ0) is 27.5. The number of benzene rings is 4. The Morgan fingerprint density at radius 2 is 1.65 bits per heavy atom. The van der Waals surface area contributed by atoms with Crippen LogP contribution in [0.15, 0.2) is 94.8 Å². The molecular weight excluding hydrogens is 502 g/mol. The highest BCUT2D eigenvalue weighted by atomic mass is 16.5. The highest BCUT2D eigenvalue weighted by molar-refractivity contribution is 6.02. The van der Waals surface area contributed by atoms with Gasteiger partial charge in [-0.05, 0) is 59.5 Å². The number of carboxylic acid groups (broad SMARTS) is 1. The summed E-state index contributed by atoms with van der Waals surface area (Å²) >= 11 is 0. The number of ether oxygens (including phenoxy) is 1. The third kappa shape index (κ3) is 5.10. The van der Waals surface area contributed by atoms with Gasteiger partial charge in [-0.1, -0.05) is 73.9 Å². The van der Waals surface area contributed by atoms with Crippen LogP contribution >= 0.6 is 0 Å². The molecule has 1 N–H and O–H groups in total. The van der Waals surface area contributed by atoms with Gasteiger partial charge in [-0.2, -0.15) is 9.78 Å². The van der Waals surface area contributed by atoms with E-state index in [1.807, 2.05) is 54.6 Å². The minimum absolute atomic E-state index is 0.177. The van der Waals surface area contributed by atoms with E-state index in [1.54, 1.807) is 36.5 Å². The molecule has 5 aromatic rings. The van der Waals surface area contributed by atoms with Crippen LogP contribution in [0.4, 0.5) is 0 Å². The zero-order valence-corrected chi connectivity index (χ0v) is 22.0. The molecule has 7 nitrogen and oxygen atoms in total. The normalized spacial score (nSPS) is 14.2. The van der Waals surface area contributed by atoms with Crippen molar-refractivity contribution in [1.29, 1.82) is 0 Å². The van der Waals surface area contributed by atoms with Gasteiger partial charge in [-0.3, -0.25) is 4.79 Å². The molecule has 0 unspecified atom stereocenters. The molecule has 40 heavy (non-hydrogen) atoms. The summed E-state index contributed by atoms with van der Waals surface area (Å²) in [6.45, 7) is 0.254. The van der Waals surface area contributed by atoms with Gasteiger partial charge in [0.1, 0.15) is 18.2 Å². The summed E-state index contributed by atoms with van der Waals surface area (Å²) in [5, 5.41) is 16.5. The number of para-hydroxylation sites is 1. The van der Waals surface area contributed by atoms with Crippen molar-refractivity contribution in [3.8, 4) is 5.75 Å². The molecule has 0 amide bonds. The van der Waals surface area contributed by atoms with Crippen LogP contribution in [0.5, 0.6) is 5.75 Å². The molecule has 1 heterocycles. The summed E-state index contributed by atoms with van der Waals surface area (Å²) in [6, 6.07) is 25.9. The van der Waals surface area contributed by atoms with Gasteiger partial charge < -0.3 is 9.84 Å². The van der Waals surface area contributed by atoms with Crippen molar-refractivity contribution < 1.29 is 14.6 Å². The quantitative estimate of drug-likeness (QED) is 0.234. The lowest BCUT2D eigenvalue weighted by Gasteiger charge is -2.22. The molecule has 0 bridgehead atoms. The predicted molar refractivity (Wildman–Crippen MR) is 157 cm³/mol. The second-order valence-corrected chi connectivity index (χ2v) is 10.2. The molecule has 1 saturated carbocycles. The number of hydrogen-bond donors (Lipinski definition) is 1. The van der Waals surface area contributed by atoms with Crippen LogP contribution in [0.2, 0.25) is 0 Å². The molecule has 0 spiro atoms. The van der Waals surface area contributed by atoms with Crippen molar-refractivity contribution in [2.75, 3.05) is 0 Å². The molecule has 1 aromatic heterocycles. The number of hydrogen-bond acceptors (Lipinski definition) is 5. The Hall–Kier alpha value is -4.78. The molecule has 200 valence electrons. The van der Waals surface area contributed by atoms with Gasteiger partial charge in [-0.25, -0.2) is 9.78 Å². The highest BCUT2D eigenvalue weighted by Gasteiger charge is 2.22. The first-order valence-corrected chi connectivity index (χ1v) is 13.6. The van der Waals surface area contributed by atoms with Gasteiger partial charge in [-0.15, -0.1) is 0 Å². The predicted octanol–water partition coefficient (Wildman–Crippen LogP) is 6.76. The lowest BCUT2D eigenvalue weighted by atomic mass is 9.88. The van der Waals surface area contributed by atoms with E-state index in [-0.39, 0.29) is 23.6 Å². The first-order chi connectivity index (χ1) is 19.6. The van der Waals surface area contributed by atoms with Crippen LogP contribution < -0.4 is 10.3 Å². The van der Waals surface area contributed by atoms with E-state index in [1.165, 1.54) is 11.1 Å². The van der Waals surface area contributed by atoms with E-state index in [2.05, 4.69) is 0 Å². The van der Waals surface area contributed by atoms with Gasteiger partial charge >= 0.3 is 5.97 Å². The van der Waals surface area contributed by atoms with Crippen molar-refractivity contribution in [2.24, 2.45) is 5.10 Å². The van der Waals surface area contributed by atoms with Crippen LogP contribution in [-0.4, -0.2) is 27.0 Å². The van der Waals surface area contributed by atoms with Crippen molar-refractivity contribution >= 4 is 33.9 Å². The van der Waals surface area contributed by atoms with E-state index < -0.39 is 5.97 Å². The maximum Gasteiger partial charge on any atom is 0.335 e. The second-order valence-electron chi connectivity index (χ2n) is 10.2. The molecule has 1 fully saturated rings. The highest BCUT2D eigenvalue weighted by Crippen LogP contribution is 2.32. The topological polar surface area (TPSA) is 93.8 Å². The summed E-state index contributed by atoms with van der Waals surface area (Å²) in [7, 11) is 0. The lowest BCUT2D eigenvalue weighted by Crippen LogP contribution is -2.25. The molecule has 0 atom stereocenters. The van der Waals surface area contributed by atoms with Gasteiger partial charge in [0.15, 0.2) is 0 Å². The maximum absolute atomic E-state index is 13.7. The number of aromatic carboxylic acids is 1. The Morgan fingerprint density at radius 1 is 0.925 bits per heavy atom. The SMILES string of the molecule is O=C(O)c1ccc(COc2ccc3ccccc3c2C=Nn2c(C3CCCCC3)nc3ccccc3c2=O)cc1. The van der Waals surface area contributed by atoms with Crippen LogP contribution in [-0.2, 0) is 6.61 Å². The molecule has 6 rings (SSSR count). The molecule has 1 aliphatic carbocycles. The first-order valence-electron chi connectivity index (χ1n) is 13.6. The van der Waals surface area contributed by atoms with Crippen molar-refractivity contribution in [3.63, 3.8) is 0 Å².